The van der Waals surface area contributed by atoms with Gasteiger partial charge in [-0.1, -0.05) is 57.2 Å². The van der Waals surface area contributed by atoms with Gasteiger partial charge in [0.15, 0.2) is 0 Å². The van der Waals surface area contributed by atoms with E-state index in [0.29, 0.717) is 16.7 Å². The number of carbonyl (C=O) groups excluding carboxylic acids is 2. The van der Waals surface area contributed by atoms with Crippen molar-refractivity contribution in [3.63, 3.8) is 0 Å². The first kappa shape index (κ1) is 24.8. The molecule has 30 heavy (non-hydrogen) atoms. The second kappa shape index (κ2) is 13.0. The summed E-state index contributed by atoms with van der Waals surface area (Å²) in [5, 5.41) is 15.0. The Labute approximate surface area is 179 Å². The number of hydrogen-bond acceptors (Lipinski definition) is 4. The molecule has 2 amide bonds. The molecule has 0 bridgehead atoms. The van der Waals surface area contributed by atoms with Gasteiger partial charge in [0.2, 0.25) is 0 Å². The van der Waals surface area contributed by atoms with Gasteiger partial charge in [-0.2, -0.15) is 0 Å². The van der Waals surface area contributed by atoms with E-state index in [1.807, 2.05) is 0 Å². The third-order valence-corrected chi connectivity index (χ3v) is 4.58. The molecule has 1 aliphatic rings. The van der Waals surface area contributed by atoms with Crippen LogP contribution < -0.4 is 10.6 Å². The number of hydrogen-bond donors (Lipinski definition) is 3. The fourth-order valence-corrected chi connectivity index (χ4v) is 3.06. The number of nitrogens with one attached hydrogen (secondary N) is 2. The second-order valence-corrected chi connectivity index (χ2v) is 6.97. The van der Waals surface area contributed by atoms with Crippen molar-refractivity contribution in [2.45, 2.75) is 45.1 Å². The Morgan fingerprint density at radius 2 is 1.73 bits per heavy atom. The molecule has 1 saturated carbocycles. The van der Waals surface area contributed by atoms with Gasteiger partial charge < -0.3 is 20.5 Å². The van der Waals surface area contributed by atoms with Crippen LogP contribution in [0.3, 0.4) is 0 Å². The second-order valence-electron chi connectivity index (χ2n) is 6.97. The number of ether oxygens (including phenoxy) is 1. The van der Waals surface area contributed by atoms with Crippen LogP contribution in [0.2, 0.25) is 0 Å². The van der Waals surface area contributed by atoms with Crippen molar-refractivity contribution in [1.82, 2.24) is 10.6 Å². The topological polar surface area (TPSA) is 87.7 Å². The molecule has 1 aliphatic carbocycles. The summed E-state index contributed by atoms with van der Waals surface area (Å²) in [6, 6.07) is 0.0942. The number of alkyl carbamates (subject to hydrolysis) is 1. The maximum atomic E-state index is 12.3. The highest BCUT2D eigenvalue weighted by Crippen LogP contribution is 2.20. The predicted molar refractivity (Wildman–Crippen MR) is 121 cm³/mol. The predicted octanol–water partition coefficient (Wildman–Crippen LogP) is 4.92. The van der Waals surface area contributed by atoms with Gasteiger partial charge in [-0.3, -0.25) is 4.79 Å². The maximum Gasteiger partial charge on any atom is 0.412 e. The molecular weight excluding hydrogens is 380 g/mol. The van der Waals surface area contributed by atoms with Gasteiger partial charge >= 0.3 is 6.09 Å². The number of carbonyl (C=O) groups is 2. The Morgan fingerprint density at radius 3 is 2.27 bits per heavy atom. The van der Waals surface area contributed by atoms with Crippen molar-refractivity contribution in [1.29, 1.82) is 0 Å². The molecule has 1 fully saturated rings. The van der Waals surface area contributed by atoms with Crippen LogP contribution in [0.15, 0.2) is 84.4 Å². The Balaban J connectivity index is 3.10. The largest absolute Gasteiger partial charge is 0.508 e. The van der Waals surface area contributed by atoms with E-state index in [9.17, 15) is 14.7 Å². The third-order valence-electron chi connectivity index (χ3n) is 4.58. The minimum Gasteiger partial charge on any atom is -0.508 e. The monoisotopic (exact) mass is 412 g/mol. The van der Waals surface area contributed by atoms with Gasteiger partial charge in [0.25, 0.3) is 5.91 Å². The molecular formula is C24H32N2O4. The number of likely N-dealkylation sites (N-methyl/N-ethyl adjacent to an activating group) is 1. The van der Waals surface area contributed by atoms with E-state index < -0.39 is 6.09 Å². The smallest absolute Gasteiger partial charge is 0.412 e. The van der Waals surface area contributed by atoms with Crippen molar-refractivity contribution in [2.24, 2.45) is 0 Å². The lowest BCUT2D eigenvalue weighted by Crippen LogP contribution is -2.36. The number of allylic oxidation sites excluding steroid dienone is 7. The summed E-state index contributed by atoms with van der Waals surface area (Å²) in [5.41, 5.74) is 1.71. The Bertz CT molecular complexity index is 794. The zero-order valence-electron chi connectivity index (χ0n) is 17.9. The summed E-state index contributed by atoms with van der Waals surface area (Å²) in [4.78, 5) is 24.3. The van der Waals surface area contributed by atoms with E-state index in [-0.39, 0.29) is 23.5 Å². The number of aliphatic hydroxyl groups is 1. The van der Waals surface area contributed by atoms with E-state index >= 15 is 0 Å². The minimum absolute atomic E-state index is 0.0942. The minimum atomic E-state index is -0.583. The lowest BCUT2D eigenvalue weighted by Gasteiger charge is -2.22. The molecule has 162 valence electrons. The lowest BCUT2D eigenvalue weighted by atomic mass is 9.96. The summed E-state index contributed by atoms with van der Waals surface area (Å²) >= 11 is 0. The van der Waals surface area contributed by atoms with Gasteiger partial charge in [-0.25, -0.2) is 4.79 Å². The van der Waals surface area contributed by atoms with E-state index in [1.165, 1.54) is 25.6 Å². The molecule has 0 unspecified atom stereocenters. The lowest BCUT2D eigenvalue weighted by molar-refractivity contribution is -0.116. The third kappa shape index (κ3) is 8.82. The van der Waals surface area contributed by atoms with E-state index in [4.69, 9.17) is 4.74 Å². The fraction of sp³-hybridized carbons (Fsp3) is 0.333. The van der Waals surface area contributed by atoms with E-state index in [2.05, 4.69) is 30.4 Å². The molecule has 6 heteroatoms. The molecule has 0 atom stereocenters. The molecule has 0 aromatic heterocycles. The quantitative estimate of drug-likeness (QED) is 0.285. The molecule has 0 aromatic carbocycles. The van der Waals surface area contributed by atoms with Crippen LogP contribution >= 0.6 is 0 Å². The first-order valence-corrected chi connectivity index (χ1v) is 9.96. The van der Waals surface area contributed by atoms with E-state index in [0.717, 1.165) is 25.7 Å². The van der Waals surface area contributed by atoms with Gasteiger partial charge in [0.05, 0.1) is 0 Å². The summed E-state index contributed by atoms with van der Waals surface area (Å²) in [6.45, 7) is 12.6. The van der Waals surface area contributed by atoms with Gasteiger partial charge in [0.1, 0.15) is 11.5 Å². The summed E-state index contributed by atoms with van der Waals surface area (Å²) in [6.07, 6.45) is 13.8. The van der Waals surface area contributed by atoms with Crippen LogP contribution in [-0.2, 0) is 9.53 Å². The first-order chi connectivity index (χ1) is 14.3. The van der Waals surface area contributed by atoms with Gasteiger partial charge in [0, 0.05) is 24.7 Å². The average molecular weight is 413 g/mol. The van der Waals surface area contributed by atoms with Crippen LogP contribution in [0.1, 0.15) is 39.0 Å². The van der Waals surface area contributed by atoms with Crippen LogP contribution in [0, 0.1) is 0 Å². The maximum absolute atomic E-state index is 12.3. The summed E-state index contributed by atoms with van der Waals surface area (Å²) < 4.78 is 5.40. The van der Waals surface area contributed by atoms with Crippen molar-refractivity contribution in [2.75, 3.05) is 7.05 Å². The van der Waals surface area contributed by atoms with Crippen molar-refractivity contribution < 1.29 is 19.4 Å². The molecule has 0 aliphatic heterocycles. The molecule has 1 rings (SSSR count). The van der Waals surface area contributed by atoms with Crippen LogP contribution in [0.25, 0.3) is 0 Å². The van der Waals surface area contributed by atoms with Crippen molar-refractivity contribution >= 4 is 12.0 Å². The summed E-state index contributed by atoms with van der Waals surface area (Å²) in [5.74, 6) is -0.409. The molecule has 6 nitrogen and oxygen atoms in total. The van der Waals surface area contributed by atoms with Crippen LogP contribution in [-0.4, -0.2) is 30.2 Å². The van der Waals surface area contributed by atoms with E-state index in [1.54, 1.807) is 31.2 Å². The Kier molecular flexibility index (Phi) is 10.8. The number of rotatable bonds is 9. The highest BCUT2D eigenvalue weighted by molar-refractivity contribution is 5.96. The fourth-order valence-electron chi connectivity index (χ4n) is 3.06. The normalized spacial score (nSPS) is 16.5. The zero-order chi connectivity index (χ0) is 22.5. The molecule has 0 aromatic rings. The van der Waals surface area contributed by atoms with Crippen molar-refractivity contribution in [3.8, 4) is 0 Å². The number of aliphatic hydroxyl groups excluding tert-OH is 1. The highest BCUT2D eigenvalue weighted by Gasteiger charge is 2.17. The molecule has 0 spiro atoms. The SMILES string of the molecule is C=C/C=C(\C=C(/C=C)C(=O)NC)C(/C)=C/C(=C\C(=C)O)OC(=O)NC1CCCCC1. The Morgan fingerprint density at radius 1 is 1.07 bits per heavy atom. The average Bonchev–Trinajstić information content (AvgIpc) is 2.70. The molecule has 0 saturated heterocycles. The van der Waals surface area contributed by atoms with Gasteiger partial charge in [-0.15, -0.1) is 0 Å². The molecule has 0 heterocycles. The molecule has 0 radical (unpaired) electrons. The Hall–Kier alpha value is -3.28. The van der Waals surface area contributed by atoms with Gasteiger partial charge in [-0.05, 0) is 43.1 Å². The standard InChI is InChI=1S/C24H32N2O4/c1-6-11-20(16-19(7-2)23(28)25-5)17(3)14-22(15-18(4)27)30-24(29)26-21-12-9-8-10-13-21/h6-7,11,14-16,21,27H,1-2,4,8-10,12-13H2,3,5H3,(H,25,28)(H,26,29)/b17-14+,19-16+,20-11+,22-15+. The molecule has 3 N–H and O–H groups in total. The first-order valence-electron chi connectivity index (χ1n) is 9.96. The summed E-state index contributed by atoms with van der Waals surface area (Å²) in [7, 11) is 1.53. The van der Waals surface area contributed by atoms with Crippen LogP contribution in [0.4, 0.5) is 4.79 Å². The number of amides is 2. The van der Waals surface area contributed by atoms with Crippen molar-refractivity contribution in [3.05, 3.63) is 84.4 Å². The highest BCUT2D eigenvalue weighted by atomic mass is 16.6. The van der Waals surface area contributed by atoms with Crippen LogP contribution in [0.5, 0.6) is 0 Å². The zero-order valence-corrected chi connectivity index (χ0v) is 17.9.